The van der Waals surface area contributed by atoms with Crippen LogP contribution in [0.1, 0.15) is 61.9 Å². The van der Waals surface area contributed by atoms with E-state index in [1.54, 1.807) is 24.3 Å². The number of nitrogens with zero attached hydrogens (tertiary/aromatic N) is 2. The molecule has 1 aliphatic rings. The van der Waals surface area contributed by atoms with Crippen LogP contribution < -0.4 is 0 Å². The average molecular weight is 407 g/mol. The Morgan fingerprint density at radius 2 is 1.83 bits per heavy atom. The number of halogens is 2. The Bertz CT molecular complexity index is 717. The second-order valence-electron chi connectivity index (χ2n) is 7.78. The largest absolute Gasteiger partial charge is 0.480 e. The molecule has 1 saturated heterocycles. The maximum Gasteiger partial charge on any atom is 0.319 e. The summed E-state index contributed by atoms with van der Waals surface area (Å²) in [4.78, 5) is 18.8. The van der Waals surface area contributed by atoms with E-state index in [0.717, 1.165) is 33.4 Å². The van der Waals surface area contributed by atoms with Crippen molar-refractivity contribution in [2.24, 2.45) is 10.9 Å². The van der Waals surface area contributed by atoms with E-state index in [1.165, 1.54) is 25.9 Å². The van der Waals surface area contributed by atoms with E-state index >= 15 is 0 Å². The topological polar surface area (TPSA) is 41.9 Å². The SMILES string of the molecule is C=C(N=C(OC)C(C)(F)F)c1ccc(C(=O)CC[C@H](CC)CN2CCCC2)cc1. The fourth-order valence-corrected chi connectivity index (χ4v) is 3.59. The summed E-state index contributed by atoms with van der Waals surface area (Å²) >= 11 is 0. The summed E-state index contributed by atoms with van der Waals surface area (Å²) in [6.45, 7) is 10.1. The minimum Gasteiger partial charge on any atom is -0.480 e. The van der Waals surface area contributed by atoms with Crippen LogP contribution in [0.25, 0.3) is 5.70 Å². The van der Waals surface area contributed by atoms with Gasteiger partial charge < -0.3 is 9.64 Å². The highest BCUT2D eigenvalue weighted by Gasteiger charge is 2.31. The van der Waals surface area contributed by atoms with Crippen molar-refractivity contribution in [1.29, 1.82) is 0 Å². The Morgan fingerprint density at radius 3 is 2.34 bits per heavy atom. The molecule has 1 heterocycles. The number of methoxy groups -OCH3 is 1. The number of likely N-dealkylation sites (tertiary alicyclic amines) is 1. The van der Waals surface area contributed by atoms with Gasteiger partial charge in [-0.15, -0.1) is 0 Å². The first-order valence-electron chi connectivity index (χ1n) is 10.3. The summed E-state index contributed by atoms with van der Waals surface area (Å²) in [5.74, 6) is -3.23. The van der Waals surface area contributed by atoms with E-state index in [1.807, 2.05) is 0 Å². The van der Waals surface area contributed by atoms with Gasteiger partial charge in [-0.05, 0) is 43.8 Å². The molecule has 0 spiro atoms. The number of hydrogen-bond acceptors (Lipinski definition) is 4. The standard InChI is InChI=1S/C23H32F2N2O2/c1-5-18(16-27-14-6-7-15-27)8-13-21(28)20-11-9-19(10-12-20)17(2)26-22(29-4)23(3,24)25/h9-12,18H,2,5-8,13-16H2,1,3-4H3/t18-/m0/s1. The molecule has 1 aliphatic heterocycles. The molecule has 0 unspecified atom stereocenters. The lowest BCUT2D eigenvalue weighted by Crippen LogP contribution is -2.26. The average Bonchev–Trinajstić information content (AvgIpc) is 3.21. The van der Waals surface area contributed by atoms with Crippen molar-refractivity contribution < 1.29 is 18.3 Å². The Balaban J connectivity index is 1.93. The number of aliphatic imine (C=N–C) groups is 1. The predicted molar refractivity (Wildman–Crippen MR) is 114 cm³/mol. The van der Waals surface area contributed by atoms with Gasteiger partial charge in [0.25, 0.3) is 5.90 Å². The van der Waals surface area contributed by atoms with E-state index in [0.29, 0.717) is 23.5 Å². The molecule has 2 rings (SSSR count). The summed E-state index contributed by atoms with van der Waals surface area (Å²) in [6, 6.07) is 6.77. The number of carbonyl (C=O) groups excluding carboxylic acids is 1. The smallest absolute Gasteiger partial charge is 0.319 e. The van der Waals surface area contributed by atoms with Gasteiger partial charge in [-0.3, -0.25) is 4.79 Å². The zero-order chi connectivity index (χ0) is 21.4. The molecule has 0 amide bonds. The number of carbonyl (C=O) groups is 1. The number of Topliss-reactive ketones (excluding diaryl/α,β-unsaturated/α-hetero) is 1. The highest BCUT2D eigenvalue weighted by molar-refractivity contribution is 5.96. The van der Waals surface area contributed by atoms with E-state index in [2.05, 4.69) is 28.1 Å². The minimum absolute atomic E-state index is 0.100. The Labute approximate surface area is 172 Å². The van der Waals surface area contributed by atoms with E-state index in [-0.39, 0.29) is 11.5 Å². The van der Waals surface area contributed by atoms with Crippen molar-refractivity contribution in [1.82, 2.24) is 4.90 Å². The first-order chi connectivity index (χ1) is 13.7. The first-order valence-corrected chi connectivity index (χ1v) is 10.3. The lowest BCUT2D eigenvalue weighted by atomic mass is 9.95. The van der Waals surface area contributed by atoms with Gasteiger partial charge >= 0.3 is 5.92 Å². The van der Waals surface area contributed by atoms with Crippen molar-refractivity contribution in [2.45, 2.75) is 51.9 Å². The predicted octanol–water partition coefficient (Wildman–Crippen LogP) is 5.44. The molecule has 6 heteroatoms. The zero-order valence-electron chi connectivity index (χ0n) is 17.7. The van der Waals surface area contributed by atoms with Gasteiger partial charge in [-0.1, -0.05) is 44.2 Å². The maximum absolute atomic E-state index is 13.4. The minimum atomic E-state index is -3.18. The van der Waals surface area contributed by atoms with E-state index in [9.17, 15) is 13.6 Å². The second kappa shape index (κ2) is 10.6. The summed E-state index contributed by atoms with van der Waals surface area (Å²) < 4.78 is 31.5. The Kier molecular flexibility index (Phi) is 8.50. The molecule has 1 fully saturated rings. The monoisotopic (exact) mass is 406 g/mol. The van der Waals surface area contributed by atoms with E-state index in [4.69, 9.17) is 0 Å². The van der Waals surface area contributed by atoms with Crippen LogP contribution in [-0.4, -0.2) is 49.2 Å². The molecule has 0 bridgehead atoms. The Hall–Kier alpha value is -2.08. The molecule has 0 radical (unpaired) electrons. The molecule has 1 aromatic carbocycles. The van der Waals surface area contributed by atoms with Crippen LogP contribution in [0.15, 0.2) is 35.8 Å². The lowest BCUT2D eigenvalue weighted by Gasteiger charge is -2.22. The third-order valence-corrected chi connectivity index (χ3v) is 5.42. The summed E-state index contributed by atoms with van der Waals surface area (Å²) in [5.41, 5.74) is 1.36. The molecule has 1 aromatic rings. The van der Waals surface area contributed by atoms with Crippen LogP contribution in [-0.2, 0) is 4.74 Å². The van der Waals surface area contributed by atoms with Gasteiger partial charge in [0.15, 0.2) is 5.78 Å². The van der Waals surface area contributed by atoms with Gasteiger partial charge in [-0.25, -0.2) is 4.99 Å². The van der Waals surface area contributed by atoms with Crippen LogP contribution in [0.3, 0.4) is 0 Å². The van der Waals surface area contributed by atoms with Gasteiger partial charge in [0.2, 0.25) is 0 Å². The molecule has 0 aromatic heterocycles. The maximum atomic E-state index is 13.4. The first kappa shape index (κ1) is 23.2. The molecule has 1 atom stereocenters. The van der Waals surface area contributed by atoms with Crippen molar-refractivity contribution >= 4 is 17.4 Å². The quantitative estimate of drug-likeness (QED) is 0.295. The number of benzene rings is 1. The molecular weight excluding hydrogens is 374 g/mol. The summed E-state index contributed by atoms with van der Waals surface area (Å²) in [7, 11) is 1.15. The summed E-state index contributed by atoms with van der Waals surface area (Å²) in [5, 5.41) is 0. The molecule has 0 N–H and O–H groups in total. The number of rotatable bonds is 10. The van der Waals surface area contributed by atoms with Crippen LogP contribution in [0.4, 0.5) is 8.78 Å². The number of ketones is 1. The lowest BCUT2D eigenvalue weighted by molar-refractivity contribution is 0.0726. The van der Waals surface area contributed by atoms with Crippen LogP contribution in [0.5, 0.6) is 0 Å². The normalized spacial score (nSPS) is 16.7. The molecule has 4 nitrogen and oxygen atoms in total. The van der Waals surface area contributed by atoms with Crippen LogP contribution in [0.2, 0.25) is 0 Å². The van der Waals surface area contributed by atoms with Crippen molar-refractivity contribution in [2.75, 3.05) is 26.7 Å². The fraction of sp³-hybridized carbons (Fsp3) is 0.565. The highest BCUT2D eigenvalue weighted by atomic mass is 19.3. The molecule has 160 valence electrons. The Morgan fingerprint density at radius 1 is 1.24 bits per heavy atom. The van der Waals surface area contributed by atoms with Crippen LogP contribution in [0, 0.1) is 5.92 Å². The third kappa shape index (κ3) is 7.03. The van der Waals surface area contributed by atoms with Crippen LogP contribution >= 0.6 is 0 Å². The fourth-order valence-electron chi connectivity index (χ4n) is 3.59. The van der Waals surface area contributed by atoms with Gasteiger partial charge in [0.05, 0.1) is 12.8 Å². The molecule has 0 aliphatic carbocycles. The van der Waals surface area contributed by atoms with E-state index < -0.39 is 11.8 Å². The number of alkyl halides is 2. The van der Waals surface area contributed by atoms with Crippen molar-refractivity contribution in [3.63, 3.8) is 0 Å². The number of ether oxygens (including phenoxy) is 1. The molecule has 0 saturated carbocycles. The summed E-state index contributed by atoms with van der Waals surface area (Å²) in [6.07, 6.45) is 5.02. The van der Waals surface area contributed by atoms with Gasteiger partial charge in [0, 0.05) is 25.5 Å². The third-order valence-electron chi connectivity index (χ3n) is 5.42. The molecule has 29 heavy (non-hydrogen) atoms. The van der Waals surface area contributed by atoms with Crippen molar-refractivity contribution in [3.05, 3.63) is 42.0 Å². The number of hydrogen-bond donors (Lipinski definition) is 0. The van der Waals surface area contributed by atoms with Crippen molar-refractivity contribution in [3.8, 4) is 0 Å². The van der Waals surface area contributed by atoms with Gasteiger partial charge in [-0.2, -0.15) is 8.78 Å². The van der Waals surface area contributed by atoms with Gasteiger partial charge in [0.1, 0.15) is 0 Å². The highest BCUT2D eigenvalue weighted by Crippen LogP contribution is 2.22. The zero-order valence-corrected chi connectivity index (χ0v) is 17.7. The molecular formula is C23H32F2N2O2. The second-order valence-corrected chi connectivity index (χ2v) is 7.78.